The van der Waals surface area contributed by atoms with E-state index >= 15 is 0 Å². The van der Waals surface area contributed by atoms with Gasteiger partial charge in [0.25, 0.3) is 0 Å². The van der Waals surface area contributed by atoms with Crippen LogP contribution in [-0.2, 0) is 0 Å². The third-order valence-corrected chi connectivity index (χ3v) is 7.17. The summed E-state index contributed by atoms with van der Waals surface area (Å²) in [4.78, 5) is 0. The fourth-order valence-corrected chi connectivity index (χ4v) is 0.919. The molecule has 9 heavy (non-hydrogen) atoms. The maximum atomic E-state index is 5.91. The van der Waals surface area contributed by atoms with E-state index < -0.39 is 12.0 Å². The summed E-state index contributed by atoms with van der Waals surface area (Å²) in [5, 5.41) is 0. The molecule has 0 bridgehead atoms. The van der Waals surface area contributed by atoms with E-state index in [-0.39, 0.29) is 0 Å². The summed E-state index contributed by atoms with van der Waals surface area (Å²) in [6.45, 7) is 9.89. The fraction of sp³-hybridized carbons (Fsp3) is 0.667. The van der Waals surface area contributed by atoms with Crippen LogP contribution in [0.2, 0.25) is 19.6 Å². The summed E-state index contributed by atoms with van der Waals surface area (Å²) < 4.78 is -0.674. The molecule has 0 aromatic carbocycles. The lowest BCUT2D eigenvalue weighted by Gasteiger charge is -2.28. The number of hydrogen-bond donors (Lipinski definition) is 0. The van der Waals surface area contributed by atoms with E-state index in [9.17, 15) is 0 Å². The predicted molar refractivity (Wildman–Crippen MR) is 48.0 cm³/mol. The first-order valence-corrected chi connectivity index (χ1v) is 7.08. The average molecular weight is 183 g/mol. The molecule has 0 nitrogen and oxygen atoms in total. The first-order valence-electron chi connectivity index (χ1n) is 2.82. The van der Waals surface area contributed by atoms with Crippen molar-refractivity contribution in [1.29, 1.82) is 0 Å². The van der Waals surface area contributed by atoms with Crippen molar-refractivity contribution >= 4 is 31.3 Å². The quantitative estimate of drug-likeness (QED) is 0.350. The van der Waals surface area contributed by atoms with Crippen molar-refractivity contribution in [1.82, 2.24) is 0 Å². The lowest BCUT2D eigenvalue weighted by atomic mass is 10.7. The largest absolute Gasteiger partial charge is 0.123 e. The molecule has 54 valence electrons. The highest BCUT2D eigenvalue weighted by Crippen LogP contribution is 2.33. The average Bonchev–Trinajstić information content (AvgIpc) is 1.64. The lowest BCUT2D eigenvalue weighted by molar-refractivity contribution is 1.33. The molecular weight excluding hydrogens is 171 g/mol. The second-order valence-electron chi connectivity index (χ2n) is 3.08. The van der Waals surface area contributed by atoms with Crippen LogP contribution in [0.25, 0.3) is 0 Å². The Labute approximate surface area is 67.9 Å². The Bertz CT molecular complexity index is 113. The third kappa shape index (κ3) is 2.32. The fourth-order valence-electron chi connectivity index (χ4n) is 0.306. The van der Waals surface area contributed by atoms with Crippen molar-refractivity contribution in [2.75, 3.05) is 0 Å². The Hall–Kier alpha value is 0.537. The van der Waals surface area contributed by atoms with Gasteiger partial charge in [-0.25, -0.2) is 0 Å². The Morgan fingerprint density at radius 3 is 1.67 bits per heavy atom. The molecular formula is C6H12Cl2Si. The van der Waals surface area contributed by atoms with E-state index in [1.165, 1.54) is 0 Å². The molecule has 0 rings (SSSR count). The minimum Gasteiger partial charge on any atom is -0.101 e. The van der Waals surface area contributed by atoms with Crippen molar-refractivity contribution in [2.24, 2.45) is 0 Å². The third-order valence-electron chi connectivity index (χ3n) is 1.26. The Balaban J connectivity index is 4.32. The summed E-state index contributed by atoms with van der Waals surface area (Å²) in [6.07, 6.45) is 1.61. The second kappa shape index (κ2) is 2.65. The van der Waals surface area contributed by atoms with Crippen molar-refractivity contribution in [3.63, 3.8) is 0 Å². The highest BCUT2D eigenvalue weighted by atomic mass is 35.5. The molecule has 0 fully saturated rings. The smallest absolute Gasteiger partial charge is 0.101 e. The number of hydrogen-bond acceptors (Lipinski definition) is 0. The van der Waals surface area contributed by atoms with E-state index in [4.69, 9.17) is 23.2 Å². The zero-order valence-electron chi connectivity index (χ0n) is 6.04. The van der Waals surface area contributed by atoms with Crippen molar-refractivity contribution in [3.05, 3.63) is 12.7 Å². The van der Waals surface area contributed by atoms with E-state index in [1.54, 1.807) is 6.08 Å². The van der Waals surface area contributed by atoms with E-state index in [0.29, 0.717) is 0 Å². The molecule has 0 unspecified atom stereocenters. The highest BCUT2D eigenvalue weighted by Gasteiger charge is 2.36. The summed E-state index contributed by atoms with van der Waals surface area (Å²) in [5.74, 6) is 0. The molecule has 0 atom stereocenters. The molecule has 0 aliphatic heterocycles. The summed E-state index contributed by atoms with van der Waals surface area (Å²) in [5.41, 5.74) is 0. The standard InChI is InChI=1S/C6H12Cl2Si/c1-5-6(7,8)9(2,3)4/h5H,1H2,2-4H3. The minimum atomic E-state index is -1.47. The maximum absolute atomic E-state index is 5.91. The van der Waals surface area contributed by atoms with Crippen LogP contribution in [0, 0.1) is 0 Å². The van der Waals surface area contributed by atoms with Crippen LogP contribution in [-0.4, -0.2) is 12.0 Å². The second-order valence-corrected chi connectivity index (χ2v) is 10.4. The van der Waals surface area contributed by atoms with Crippen molar-refractivity contribution < 1.29 is 0 Å². The van der Waals surface area contributed by atoms with Crippen LogP contribution < -0.4 is 0 Å². The molecule has 3 heteroatoms. The normalized spacial score (nSPS) is 13.4. The minimum absolute atomic E-state index is 0.674. The first kappa shape index (κ1) is 9.54. The SMILES string of the molecule is C=CC(Cl)(Cl)[Si](C)(C)C. The van der Waals surface area contributed by atoms with Gasteiger partial charge < -0.3 is 0 Å². The van der Waals surface area contributed by atoms with Gasteiger partial charge in [0, 0.05) is 0 Å². The van der Waals surface area contributed by atoms with E-state index in [2.05, 4.69) is 26.2 Å². The summed E-state index contributed by atoms with van der Waals surface area (Å²) >= 11 is 11.8. The van der Waals surface area contributed by atoms with Crippen LogP contribution in [0.15, 0.2) is 12.7 Å². The zero-order valence-corrected chi connectivity index (χ0v) is 8.55. The van der Waals surface area contributed by atoms with Gasteiger partial charge in [-0.2, -0.15) is 0 Å². The molecule has 0 saturated heterocycles. The summed E-state index contributed by atoms with van der Waals surface area (Å²) in [6, 6.07) is 0. The predicted octanol–water partition coefficient (Wildman–Crippen LogP) is 3.22. The molecule has 0 aliphatic rings. The van der Waals surface area contributed by atoms with Crippen LogP contribution in [0.1, 0.15) is 0 Å². The van der Waals surface area contributed by atoms with Gasteiger partial charge in [-0.15, -0.1) is 29.8 Å². The monoisotopic (exact) mass is 182 g/mol. The lowest BCUT2D eigenvalue weighted by Crippen LogP contribution is -2.41. The van der Waals surface area contributed by atoms with Gasteiger partial charge in [0.2, 0.25) is 0 Å². The molecule has 0 spiro atoms. The van der Waals surface area contributed by atoms with Crippen LogP contribution in [0.4, 0.5) is 0 Å². The molecule has 0 saturated carbocycles. The molecule has 0 amide bonds. The topological polar surface area (TPSA) is 0 Å². The molecule has 0 heterocycles. The first-order chi connectivity index (χ1) is 3.81. The van der Waals surface area contributed by atoms with Crippen molar-refractivity contribution in [3.8, 4) is 0 Å². The van der Waals surface area contributed by atoms with Gasteiger partial charge in [-0.05, 0) is 0 Å². The van der Waals surface area contributed by atoms with Gasteiger partial charge in [0.1, 0.15) is 3.96 Å². The Morgan fingerprint density at radius 1 is 1.33 bits per heavy atom. The number of halogens is 2. The maximum Gasteiger partial charge on any atom is 0.123 e. The van der Waals surface area contributed by atoms with Gasteiger partial charge >= 0.3 is 0 Å². The van der Waals surface area contributed by atoms with Gasteiger partial charge in [0.15, 0.2) is 0 Å². The number of allylic oxidation sites excluding steroid dienone is 1. The number of alkyl halides is 2. The van der Waals surface area contributed by atoms with Crippen LogP contribution in [0.5, 0.6) is 0 Å². The van der Waals surface area contributed by atoms with Crippen LogP contribution >= 0.6 is 23.2 Å². The van der Waals surface area contributed by atoms with Crippen LogP contribution in [0.3, 0.4) is 0 Å². The van der Waals surface area contributed by atoms with Gasteiger partial charge in [0.05, 0.1) is 8.07 Å². The molecule has 0 radical (unpaired) electrons. The molecule has 0 N–H and O–H groups in total. The Morgan fingerprint density at radius 2 is 1.67 bits per heavy atom. The summed E-state index contributed by atoms with van der Waals surface area (Å²) in [7, 11) is -1.47. The van der Waals surface area contributed by atoms with E-state index in [0.717, 1.165) is 0 Å². The number of rotatable bonds is 2. The molecule has 0 aliphatic carbocycles. The van der Waals surface area contributed by atoms with Crippen molar-refractivity contribution in [2.45, 2.75) is 23.6 Å². The van der Waals surface area contributed by atoms with E-state index in [1.807, 2.05) is 0 Å². The van der Waals surface area contributed by atoms with Gasteiger partial charge in [-0.1, -0.05) is 25.7 Å². The van der Waals surface area contributed by atoms with Gasteiger partial charge in [-0.3, -0.25) is 0 Å². The molecule has 0 aromatic rings. The molecule has 0 aromatic heterocycles. The highest BCUT2D eigenvalue weighted by molar-refractivity contribution is 6.95. The Kier molecular flexibility index (Phi) is 2.80. The zero-order chi connectivity index (χ0) is 7.71.